The molecule has 1 N–H and O–H groups in total. The summed E-state index contributed by atoms with van der Waals surface area (Å²) in [6.07, 6.45) is 2.60. The lowest BCUT2D eigenvalue weighted by atomic mass is 10.1. The molecular weight excluding hydrogens is 354 g/mol. The van der Waals surface area contributed by atoms with Crippen molar-refractivity contribution in [3.63, 3.8) is 0 Å². The van der Waals surface area contributed by atoms with Crippen LogP contribution in [0.1, 0.15) is 41.8 Å². The van der Waals surface area contributed by atoms with Crippen LogP contribution in [-0.2, 0) is 11.3 Å². The normalized spacial score (nSPS) is 19.1. The zero-order chi connectivity index (χ0) is 20.4. The lowest BCUT2D eigenvalue weighted by Crippen LogP contribution is -2.44. The number of hydrogen-bond donors (Lipinski definition) is 1. The van der Waals surface area contributed by atoms with Crippen molar-refractivity contribution in [2.24, 2.45) is 5.92 Å². The predicted octanol–water partition coefficient (Wildman–Crippen LogP) is 2.66. The summed E-state index contributed by atoms with van der Waals surface area (Å²) in [4.78, 5) is 40.1. The van der Waals surface area contributed by atoms with Crippen LogP contribution < -0.4 is 15.8 Å². The Morgan fingerprint density at radius 1 is 1.14 bits per heavy atom. The van der Waals surface area contributed by atoms with Gasteiger partial charge in [0.15, 0.2) is 0 Å². The minimum Gasteiger partial charge on any atom is -0.340 e. The minimum absolute atomic E-state index is 0.0967. The van der Waals surface area contributed by atoms with Gasteiger partial charge < -0.3 is 14.8 Å². The second kappa shape index (κ2) is 8.00. The lowest BCUT2D eigenvalue weighted by molar-refractivity contribution is -0.119. The average Bonchev–Trinajstić information content (AvgIpc) is 2.93. The molecule has 28 heavy (non-hydrogen) atoms. The SMILES string of the molecule is CCCn1ccc(C)c(N2CC(C)[C@H](NC(=O)c3ccc(C)cc3)C2=O)c1=O. The molecule has 2 atom stereocenters. The first-order valence-electron chi connectivity index (χ1n) is 9.72. The molecule has 0 bridgehead atoms. The summed E-state index contributed by atoms with van der Waals surface area (Å²) >= 11 is 0. The molecule has 148 valence electrons. The molecule has 1 aromatic carbocycles. The van der Waals surface area contributed by atoms with Gasteiger partial charge in [0.1, 0.15) is 11.7 Å². The fraction of sp³-hybridized carbons (Fsp3) is 0.409. The summed E-state index contributed by atoms with van der Waals surface area (Å²) in [6.45, 7) is 8.73. The van der Waals surface area contributed by atoms with Gasteiger partial charge in [-0.15, -0.1) is 0 Å². The zero-order valence-electron chi connectivity index (χ0n) is 16.9. The molecule has 6 nitrogen and oxygen atoms in total. The molecule has 1 aromatic heterocycles. The van der Waals surface area contributed by atoms with Gasteiger partial charge in [-0.25, -0.2) is 0 Å². The molecule has 1 saturated heterocycles. The Hall–Kier alpha value is -2.89. The third kappa shape index (κ3) is 3.72. The summed E-state index contributed by atoms with van der Waals surface area (Å²) in [7, 11) is 0. The Labute approximate surface area is 165 Å². The van der Waals surface area contributed by atoms with E-state index < -0.39 is 6.04 Å². The van der Waals surface area contributed by atoms with E-state index in [1.807, 2.05) is 45.9 Å². The number of benzene rings is 1. The number of pyridine rings is 1. The molecule has 1 aliphatic heterocycles. The summed E-state index contributed by atoms with van der Waals surface area (Å²) in [5, 5.41) is 2.85. The number of carbonyl (C=O) groups excluding carboxylic acids is 2. The molecule has 2 amide bonds. The van der Waals surface area contributed by atoms with E-state index >= 15 is 0 Å². The largest absolute Gasteiger partial charge is 0.340 e. The number of nitrogens with zero attached hydrogens (tertiary/aromatic N) is 2. The first-order valence-corrected chi connectivity index (χ1v) is 9.72. The second-order valence-electron chi connectivity index (χ2n) is 7.59. The summed E-state index contributed by atoms with van der Waals surface area (Å²) in [5.41, 5.74) is 2.61. The number of nitrogens with one attached hydrogen (secondary N) is 1. The number of carbonyl (C=O) groups is 2. The summed E-state index contributed by atoms with van der Waals surface area (Å²) in [5.74, 6) is -0.608. The third-order valence-corrected chi connectivity index (χ3v) is 5.25. The van der Waals surface area contributed by atoms with E-state index in [4.69, 9.17) is 0 Å². The molecule has 0 saturated carbocycles. The quantitative estimate of drug-likeness (QED) is 0.866. The maximum absolute atomic E-state index is 13.1. The van der Waals surface area contributed by atoms with Crippen LogP contribution in [0.15, 0.2) is 41.3 Å². The molecule has 3 rings (SSSR count). The van der Waals surface area contributed by atoms with Crippen molar-refractivity contribution in [1.82, 2.24) is 9.88 Å². The van der Waals surface area contributed by atoms with Gasteiger partial charge in [0.05, 0.1) is 0 Å². The molecule has 0 radical (unpaired) electrons. The van der Waals surface area contributed by atoms with Gasteiger partial charge >= 0.3 is 0 Å². The molecular formula is C22H27N3O3. The van der Waals surface area contributed by atoms with Crippen LogP contribution in [0, 0.1) is 19.8 Å². The van der Waals surface area contributed by atoms with Crippen LogP contribution in [0.2, 0.25) is 0 Å². The van der Waals surface area contributed by atoms with Crippen LogP contribution in [0.5, 0.6) is 0 Å². The average molecular weight is 381 g/mol. The van der Waals surface area contributed by atoms with Crippen molar-refractivity contribution in [2.75, 3.05) is 11.4 Å². The highest BCUT2D eigenvalue weighted by molar-refractivity contribution is 6.04. The first kappa shape index (κ1) is 19.9. The first-order chi connectivity index (χ1) is 13.3. The molecule has 1 fully saturated rings. The van der Waals surface area contributed by atoms with E-state index in [9.17, 15) is 14.4 Å². The van der Waals surface area contributed by atoms with E-state index in [2.05, 4.69) is 5.32 Å². The van der Waals surface area contributed by atoms with Gasteiger partial charge in [0.2, 0.25) is 5.91 Å². The van der Waals surface area contributed by atoms with Crippen molar-refractivity contribution < 1.29 is 9.59 Å². The topological polar surface area (TPSA) is 71.4 Å². The number of hydrogen-bond acceptors (Lipinski definition) is 3. The monoisotopic (exact) mass is 381 g/mol. The highest BCUT2D eigenvalue weighted by Crippen LogP contribution is 2.25. The van der Waals surface area contributed by atoms with Gasteiger partial charge in [-0.2, -0.15) is 0 Å². The van der Waals surface area contributed by atoms with E-state index in [0.717, 1.165) is 17.5 Å². The maximum atomic E-state index is 13.1. The number of amides is 2. The smallest absolute Gasteiger partial charge is 0.274 e. The Balaban J connectivity index is 1.85. The van der Waals surface area contributed by atoms with Crippen molar-refractivity contribution in [2.45, 2.75) is 46.7 Å². The Morgan fingerprint density at radius 3 is 2.46 bits per heavy atom. The molecule has 0 aliphatic carbocycles. The third-order valence-electron chi connectivity index (χ3n) is 5.25. The molecule has 2 aromatic rings. The van der Waals surface area contributed by atoms with Crippen molar-refractivity contribution in [3.05, 3.63) is 63.6 Å². The highest BCUT2D eigenvalue weighted by Gasteiger charge is 2.41. The van der Waals surface area contributed by atoms with E-state index in [-0.39, 0.29) is 23.3 Å². The minimum atomic E-state index is -0.646. The van der Waals surface area contributed by atoms with Gasteiger partial charge in [-0.1, -0.05) is 31.5 Å². The van der Waals surface area contributed by atoms with Crippen molar-refractivity contribution in [3.8, 4) is 0 Å². The summed E-state index contributed by atoms with van der Waals surface area (Å²) in [6, 6.07) is 8.44. The number of rotatable bonds is 5. The maximum Gasteiger partial charge on any atom is 0.274 e. The highest BCUT2D eigenvalue weighted by atomic mass is 16.2. The number of aromatic nitrogens is 1. The van der Waals surface area contributed by atoms with E-state index in [1.165, 1.54) is 4.90 Å². The van der Waals surface area contributed by atoms with Gasteiger partial charge in [0.25, 0.3) is 11.5 Å². The van der Waals surface area contributed by atoms with E-state index in [1.54, 1.807) is 22.9 Å². The fourth-order valence-corrected chi connectivity index (χ4v) is 3.63. The van der Waals surface area contributed by atoms with Crippen LogP contribution in [-0.4, -0.2) is 29.0 Å². The van der Waals surface area contributed by atoms with Gasteiger partial charge in [-0.05, 0) is 44.0 Å². The summed E-state index contributed by atoms with van der Waals surface area (Å²) < 4.78 is 1.64. The lowest BCUT2D eigenvalue weighted by Gasteiger charge is -2.20. The van der Waals surface area contributed by atoms with Crippen LogP contribution in [0.4, 0.5) is 5.69 Å². The van der Waals surface area contributed by atoms with Crippen LogP contribution in [0.25, 0.3) is 0 Å². The molecule has 2 heterocycles. The zero-order valence-corrected chi connectivity index (χ0v) is 16.9. The molecule has 1 aliphatic rings. The van der Waals surface area contributed by atoms with Crippen LogP contribution in [0.3, 0.4) is 0 Å². The standard InChI is InChI=1S/C22H27N3O3/c1-5-11-24-12-10-15(3)19(22(24)28)25-13-16(4)18(21(25)27)23-20(26)17-8-6-14(2)7-9-17/h6-10,12,16,18H,5,11,13H2,1-4H3,(H,23,26)/t16?,18-/m0/s1. The number of aryl methyl sites for hydroxylation is 3. The second-order valence-corrected chi connectivity index (χ2v) is 7.59. The fourth-order valence-electron chi connectivity index (χ4n) is 3.63. The molecule has 1 unspecified atom stereocenters. The number of anilines is 1. The predicted molar refractivity (Wildman–Crippen MR) is 110 cm³/mol. The van der Waals surface area contributed by atoms with Gasteiger partial charge in [0, 0.05) is 30.8 Å². The Morgan fingerprint density at radius 2 is 1.82 bits per heavy atom. The van der Waals surface area contributed by atoms with Crippen LogP contribution >= 0.6 is 0 Å². The van der Waals surface area contributed by atoms with Crippen molar-refractivity contribution in [1.29, 1.82) is 0 Å². The van der Waals surface area contributed by atoms with E-state index in [0.29, 0.717) is 24.3 Å². The Bertz CT molecular complexity index is 946. The van der Waals surface area contributed by atoms with Crippen molar-refractivity contribution >= 4 is 17.5 Å². The Kier molecular flexibility index (Phi) is 5.68. The molecule has 6 heteroatoms. The molecule has 0 spiro atoms. The van der Waals surface area contributed by atoms with Gasteiger partial charge in [-0.3, -0.25) is 14.4 Å².